The normalized spacial score (nSPS) is 41.4. The van der Waals surface area contributed by atoms with Gasteiger partial charge in [0.1, 0.15) is 0 Å². The van der Waals surface area contributed by atoms with Gasteiger partial charge < -0.3 is 14.7 Å². The molecule has 5 unspecified atom stereocenters. The van der Waals surface area contributed by atoms with Crippen molar-refractivity contribution in [1.82, 2.24) is 4.90 Å². The summed E-state index contributed by atoms with van der Waals surface area (Å²) in [6, 6.07) is 0. The first-order valence-electron chi connectivity index (χ1n) is 8.12. The molecular formula is C16H31NO2. The van der Waals surface area contributed by atoms with Crippen LogP contribution in [-0.2, 0) is 4.74 Å². The number of aliphatic hydroxyl groups excluding tert-OH is 1. The van der Waals surface area contributed by atoms with E-state index in [1.165, 1.54) is 25.8 Å². The average Bonchev–Trinajstić information content (AvgIpc) is 2.35. The van der Waals surface area contributed by atoms with Crippen LogP contribution in [-0.4, -0.2) is 48.5 Å². The molecule has 0 aromatic rings. The Balaban J connectivity index is 1.85. The van der Waals surface area contributed by atoms with Gasteiger partial charge in [-0.25, -0.2) is 0 Å². The Bertz CT molecular complexity index is 257. The Morgan fingerprint density at radius 3 is 2.74 bits per heavy atom. The number of hydrogen-bond acceptors (Lipinski definition) is 3. The maximum Gasteiger partial charge on any atom is 0.0702 e. The van der Waals surface area contributed by atoms with Crippen molar-refractivity contribution >= 4 is 0 Å². The second kappa shape index (κ2) is 7.05. The van der Waals surface area contributed by atoms with Crippen LogP contribution in [0.15, 0.2) is 0 Å². The minimum Gasteiger partial charge on any atom is -0.393 e. The lowest BCUT2D eigenvalue weighted by Crippen LogP contribution is -2.47. The molecule has 1 saturated heterocycles. The van der Waals surface area contributed by atoms with E-state index in [2.05, 4.69) is 25.7 Å². The molecule has 0 aromatic carbocycles. The monoisotopic (exact) mass is 269 g/mol. The van der Waals surface area contributed by atoms with Crippen LogP contribution >= 0.6 is 0 Å². The molecule has 0 bridgehead atoms. The highest BCUT2D eigenvalue weighted by Crippen LogP contribution is 2.34. The van der Waals surface area contributed by atoms with Crippen molar-refractivity contribution in [3.05, 3.63) is 0 Å². The largest absolute Gasteiger partial charge is 0.393 e. The van der Waals surface area contributed by atoms with E-state index in [0.29, 0.717) is 23.9 Å². The minimum absolute atomic E-state index is 0.105. The number of nitrogens with zero attached hydrogens (tertiary/aromatic N) is 1. The van der Waals surface area contributed by atoms with Crippen LogP contribution in [0.5, 0.6) is 0 Å². The summed E-state index contributed by atoms with van der Waals surface area (Å²) in [5, 5.41) is 10.4. The molecule has 2 rings (SSSR count). The van der Waals surface area contributed by atoms with E-state index in [-0.39, 0.29) is 6.10 Å². The quantitative estimate of drug-likeness (QED) is 0.851. The molecule has 3 heteroatoms. The molecule has 3 nitrogen and oxygen atoms in total. The number of likely N-dealkylation sites (tertiary alicyclic amines) is 1. The third-order valence-electron chi connectivity index (χ3n) is 4.98. The third kappa shape index (κ3) is 4.17. The van der Waals surface area contributed by atoms with Crippen LogP contribution in [0.2, 0.25) is 0 Å². The van der Waals surface area contributed by atoms with Gasteiger partial charge in [-0.3, -0.25) is 0 Å². The fourth-order valence-corrected chi connectivity index (χ4v) is 4.02. The van der Waals surface area contributed by atoms with Gasteiger partial charge in [0.05, 0.1) is 12.2 Å². The molecule has 0 aromatic heterocycles. The average molecular weight is 269 g/mol. The van der Waals surface area contributed by atoms with E-state index in [0.717, 1.165) is 26.1 Å². The molecule has 1 N–H and O–H groups in total. The maximum absolute atomic E-state index is 10.4. The molecule has 2 fully saturated rings. The van der Waals surface area contributed by atoms with Crippen LogP contribution in [0.4, 0.5) is 0 Å². The molecule has 0 spiro atoms. The second-order valence-corrected chi connectivity index (χ2v) is 6.76. The Morgan fingerprint density at radius 2 is 2.05 bits per heavy atom. The van der Waals surface area contributed by atoms with E-state index in [9.17, 15) is 5.11 Å². The van der Waals surface area contributed by atoms with Gasteiger partial charge in [-0.1, -0.05) is 13.8 Å². The van der Waals surface area contributed by atoms with Gasteiger partial charge in [0.25, 0.3) is 0 Å². The van der Waals surface area contributed by atoms with Gasteiger partial charge in [-0.05, 0) is 51.0 Å². The lowest BCUT2D eigenvalue weighted by molar-refractivity contribution is -0.0323. The fourth-order valence-electron chi connectivity index (χ4n) is 4.02. The van der Waals surface area contributed by atoms with Crippen LogP contribution < -0.4 is 0 Å². The van der Waals surface area contributed by atoms with E-state index >= 15 is 0 Å². The van der Waals surface area contributed by atoms with Gasteiger partial charge in [0, 0.05) is 25.6 Å². The second-order valence-electron chi connectivity index (χ2n) is 6.76. The fraction of sp³-hybridized carbons (Fsp3) is 1.00. The topological polar surface area (TPSA) is 32.7 Å². The zero-order chi connectivity index (χ0) is 13.8. The molecule has 1 heterocycles. The first-order valence-corrected chi connectivity index (χ1v) is 8.12. The summed E-state index contributed by atoms with van der Waals surface area (Å²) in [5.74, 6) is 1.78. The van der Waals surface area contributed by atoms with Crippen LogP contribution in [0.3, 0.4) is 0 Å². The van der Waals surface area contributed by atoms with E-state index in [1.807, 2.05) is 0 Å². The number of rotatable bonds is 4. The summed E-state index contributed by atoms with van der Waals surface area (Å²) in [7, 11) is 0. The molecular weight excluding hydrogens is 238 g/mol. The molecule has 1 aliphatic carbocycles. The summed E-state index contributed by atoms with van der Waals surface area (Å²) in [5.41, 5.74) is 0. The molecule has 1 aliphatic heterocycles. The Kier molecular flexibility index (Phi) is 5.67. The van der Waals surface area contributed by atoms with E-state index in [1.54, 1.807) is 0 Å². The highest BCUT2D eigenvalue weighted by molar-refractivity contribution is 4.86. The zero-order valence-corrected chi connectivity index (χ0v) is 12.8. The van der Waals surface area contributed by atoms with Gasteiger partial charge >= 0.3 is 0 Å². The Hall–Kier alpha value is -0.120. The van der Waals surface area contributed by atoms with Crippen molar-refractivity contribution in [3.63, 3.8) is 0 Å². The standard InChI is InChI=1S/C16H31NO2/c1-4-19-14-6-5-7-17(10-14)11-15-13(3)8-12(2)9-16(15)18/h12-16,18H,4-11H2,1-3H3. The lowest BCUT2D eigenvalue weighted by Gasteiger charge is -2.41. The van der Waals surface area contributed by atoms with Crippen LogP contribution in [0.25, 0.3) is 0 Å². The first-order chi connectivity index (χ1) is 9.10. The Morgan fingerprint density at radius 1 is 1.26 bits per heavy atom. The molecule has 0 radical (unpaired) electrons. The zero-order valence-electron chi connectivity index (χ0n) is 12.8. The number of hydrogen-bond donors (Lipinski definition) is 1. The molecule has 2 aliphatic rings. The predicted molar refractivity (Wildman–Crippen MR) is 78.1 cm³/mol. The smallest absolute Gasteiger partial charge is 0.0702 e. The summed E-state index contributed by atoms with van der Waals surface area (Å²) in [4.78, 5) is 2.52. The van der Waals surface area contributed by atoms with Gasteiger partial charge in [0.15, 0.2) is 0 Å². The first kappa shape index (κ1) is 15.3. The molecule has 19 heavy (non-hydrogen) atoms. The molecule has 0 amide bonds. The summed E-state index contributed by atoms with van der Waals surface area (Å²) in [6.45, 7) is 10.8. The summed E-state index contributed by atoms with van der Waals surface area (Å²) in [6.07, 6.45) is 4.99. The van der Waals surface area contributed by atoms with Crippen molar-refractivity contribution in [1.29, 1.82) is 0 Å². The van der Waals surface area contributed by atoms with E-state index in [4.69, 9.17) is 4.74 Å². The lowest BCUT2D eigenvalue weighted by atomic mass is 9.73. The van der Waals surface area contributed by atoms with Gasteiger partial charge in [-0.2, -0.15) is 0 Å². The van der Waals surface area contributed by atoms with Crippen LogP contribution in [0.1, 0.15) is 46.5 Å². The number of piperidine rings is 1. The van der Waals surface area contributed by atoms with E-state index < -0.39 is 0 Å². The summed E-state index contributed by atoms with van der Waals surface area (Å²) < 4.78 is 5.77. The minimum atomic E-state index is -0.105. The van der Waals surface area contributed by atoms with Gasteiger partial charge in [0.2, 0.25) is 0 Å². The van der Waals surface area contributed by atoms with Crippen molar-refractivity contribution in [2.45, 2.75) is 58.7 Å². The highest BCUT2D eigenvalue weighted by Gasteiger charge is 2.34. The van der Waals surface area contributed by atoms with Crippen LogP contribution in [0, 0.1) is 17.8 Å². The van der Waals surface area contributed by atoms with Crippen molar-refractivity contribution in [3.8, 4) is 0 Å². The summed E-state index contributed by atoms with van der Waals surface area (Å²) >= 11 is 0. The number of aliphatic hydroxyl groups is 1. The van der Waals surface area contributed by atoms with Gasteiger partial charge in [-0.15, -0.1) is 0 Å². The van der Waals surface area contributed by atoms with Crippen molar-refractivity contribution in [2.24, 2.45) is 17.8 Å². The Labute approximate surface area is 118 Å². The predicted octanol–water partition coefficient (Wildman–Crippen LogP) is 2.53. The van der Waals surface area contributed by atoms with Crippen molar-refractivity contribution < 1.29 is 9.84 Å². The SMILES string of the molecule is CCOC1CCCN(CC2C(C)CC(C)CC2O)C1. The van der Waals surface area contributed by atoms with Crippen molar-refractivity contribution in [2.75, 3.05) is 26.2 Å². The maximum atomic E-state index is 10.4. The molecule has 1 saturated carbocycles. The molecule has 5 atom stereocenters. The number of ether oxygens (including phenoxy) is 1. The third-order valence-corrected chi connectivity index (χ3v) is 4.98. The highest BCUT2D eigenvalue weighted by atomic mass is 16.5. The molecule has 112 valence electrons.